The number of nitrogens with one attached hydrogen (secondary N) is 1. The van der Waals surface area contributed by atoms with Gasteiger partial charge in [-0.15, -0.1) is 0 Å². The lowest BCUT2D eigenvalue weighted by Gasteiger charge is -2.35. The van der Waals surface area contributed by atoms with Crippen molar-refractivity contribution in [2.75, 3.05) is 19.6 Å². The van der Waals surface area contributed by atoms with Crippen LogP contribution in [0.2, 0.25) is 0 Å². The predicted octanol–water partition coefficient (Wildman–Crippen LogP) is 3.11. The first-order valence-electron chi connectivity index (χ1n) is 14.2. The van der Waals surface area contributed by atoms with Gasteiger partial charge in [-0.1, -0.05) is 51.1 Å². The van der Waals surface area contributed by atoms with E-state index in [1.165, 1.54) is 10.5 Å². The number of alkyl halides is 1. The first kappa shape index (κ1) is 28.3. The number of rotatable bonds is 6. The Hall–Kier alpha value is -3.27. The number of halogens is 1. The highest BCUT2D eigenvalue weighted by molar-refractivity contribution is 5.94. The quantitative estimate of drug-likeness (QED) is 0.572. The highest BCUT2D eigenvalue weighted by Gasteiger charge is 2.53. The second-order valence-corrected chi connectivity index (χ2v) is 12.7. The Morgan fingerprint density at radius 3 is 2.38 bits per heavy atom. The SMILES string of the molecule is Cn1cc(C(=O)N2CCC(c3ccccc3)CC2)nc1[C@@H]1C[C@@H](O)CN1C(=O)[C@@H](NC(=O)C1(F)CC1)C(C)(C)C. The van der Waals surface area contributed by atoms with E-state index >= 15 is 0 Å². The Kier molecular flexibility index (Phi) is 7.50. The molecule has 10 heteroatoms. The van der Waals surface area contributed by atoms with Crippen LogP contribution in [0.4, 0.5) is 4.39 Å². The van der Waals surface area contributed by atoms with Crippen LogP contribution in [0.3, 0.4) is 0 Å². The van der Waals surface area contributed by atoms with Gasteiger partial charge >= 0.3 is 0 Å². The monoisotopic (exact) mass is 553 g/mol. The summed E-state index contributed by atoms with van der Waals surface area (Å²) in [5.41, 5.74) is -0.996. The van der Waals surface area contributed by atoms with E-state index in [0.29, 0.717) is 30.5 Å². The van der Waals surface area contributed by atoms with Crippen LogP contribution in [-0.2, 0) is 16.6 Å². The average molecular weight is 554 g/mol. The van der Waals surface area contributed by atoms with Gasteiger partial charge in [-0.05, 0) is 42.6 Å². The summed E-state index contributed by atoms with van der Waals surface area (Å²) in [7, 11) is 1.77. The number of aliphatic hydroxyl groups excluding tert-OH is 1. The molecule has 2 N–H and O–H groups in total. The topological polar surface area (TPSA) is 108 Å². The van der Waals surface area contributed by atoms with E-state index in [4.69, 9.17) is 0 Å². The van der Waals surface area contributed by atoms with Crippen molar-refractivity contribution < 1.29 is 23.9 Å². The summed E-state index contributed by atoms with van der Waals surface area (Å²) in [6, 6.07) is 8.79. The highest BCUT2D eigenvalue weighted by atomic mass is 19.1. The van der Waals surface area contributed by atoms with Crippen LogP contribution >= 0.6 is 0 Å². The maximum atomic E-state index is 14.5. The van der Waals surface area contributed by atoms with E-state index in [1.807, 2.05) is 43.9 Å². The van der Waals surface area contributed by atoms with Gasteiger partial charge in [0.15, 0.2) is 5.67 Å². The van der Waals surface area contributed by atoms with Gasteiger partial charge in [-0.25, -0.2) is 9.37 Å². The largest absolute Gasteiger partial charge is 0.391 e. The van der Waals surface area contributed by atoms with E-state index < -0.39 is 41.1 Å². The number of piperidine rings is 1. The Labute approximate surface area is 234 Å². The van der Waals surface area contributed by atoms with E-state index in [0.717, 1.165) is 12.8 Å². The third-order valence-corrected chi connectivity index (χ3v) is 8.53. The smallest absolute Gasteiger partial charge is 0.274 e. The fourth-order valence-electron chi connectivity index (χ4n) is 5.91. The van der Waals surface area contributed by atoms with Crippen molar-refractivity contribution in [3.63, 3.8) is 0 Å². The number of nitrogens with zero attached hydrogens (tertiary/aromatic N) is 4. The van der Waals surface area contributed by atoms with Crippen LogP contribution < -0.4 is 5.32 Å². The number of imidazole rings is 1. The molecule has 1 aromatic heterocycles. The summed E-state index contributed by atoms with van der Waals surface area (Å²) in [4.78, 5) is 47.8. The lowest BCUT2D eigenvalue weighted by molar-refractivity contribution is -0.142. The molecule has 0 spiro atoms. The molecular formula is C30H40FN5O4. The number of likely N-dealkylation sites (tertiary alicyclic amines) is 2. The Balaban J connectivity index is 1.31. The van der Waals surface area contributed by atoms with Crippen molar-refractivity contribution in [3.8, 4) is 0 Å². The van der Waals surface area contributed by atoms with Gasteiger partial charge in [0.25, 0.3) is 11.8 Å². The number of carbonyl (C=O) groups is 3. The molecule has 0 bridgehead atoms. The summed E-state index contributed by atoms with van der Waals surface area (Å²) >= 11 is 0. The number of aliphatic hydroxyl groups is 1. The molecule has 3 amide bonds. The summed E-state index contributed by atoms with van der Waals surface area (Å²) in [6.45, 7) is 6.78. The molecule has 9 nitrogen and oxygen atoms in total. The minimum Gasteiger partial charge on any atom is -0.391 e. The number of hydrogen-bond acceptors (Lipinski definition) is 5. The Morgan fingerprint density at radius 2 is 1.77 bits per heavy atom. The maximum Gasteiger partial charge on any atom is 0.274 e. The number of amides is 3. The molecule has 3 fully saturated rings. The van der Waals surface area contributed by atoms with Crippen molar-refractivity contribution in [2.24, 2.45) is 12.5 Å². The van der Waals surface area contributed by atoms with E-state index in [9.17, 15) is 23.9 Å². The minimum atomic E-state index is -1.90. The molecule has 0 unspecified atom stereocenters. The Morgan fingerprint density at radius 1 is 1.12 bits per heavy atom. The number of benzene rings is 1. The highest BCUT2D eigenvalue weighted by Crippen LogP contribution is 2.41. The fourth-order valence-corrected chi connectivity index (χ4v) is 5.91. The maximum absolute atomic E-state index is 14.5. The number of carbonyl (C=O) groups excluding carboxylic acids is 3. The van der Waals surface area contributed by atoms with Crippen molar-refractivity contribution in [1.82, 2.24) is 24.7 Å². The third-order valence-electron chi connectivity index (χ3n) is 8.53. The summed E-state index contributed by atoms with van der Waals surface area (Å²) < 4.78 is 16.2. The standard InChI is InChI=1S/C30H40FN5O4/c1-29(2,3)24(33-28(40)30(31)12-13-30)27(39)36-17-21(37)16-23(36)25-32-22(18-34(25)4)26(38)35-14-10-20(11-15-35)19-8-6-5-7-9-19/h5-9,18,20-21,23-24,37H,10-17H2,1-4H3,(H,33,40)/t21-,23+,24-/m1/s1. The van der Waals surface area contributed by atoms with Gasteiger partial charge in [0.2, 0.25) is 5.91 Å². The van der Waals surface area contributed by atoms with Crippen molar-refractivity contribution in [1.29, 1.82) is 0 Å². The molecular weight excluding hydrogens is 513 g/mol. The zero-order valence-electron chi connectivity index (χ0n) is 23.8. The van der Waals surface area contributed by atoms with E-state index in [1.54, 1.807) is 17.8 Å². The van der Waals surface area contributed by atoms with Gasteiger partial charge in [-0.2, -0.15) is 0 Å². The second-order valence-electron chi connectivity index (χ2n) is 12.7. The van der Waals surface area contributed by atoms with Crippen LogP contribution in [0, 0.1) is 5.41 Å². The van der Waals surface area contributed by atoms with E-state index in [2.05, 4.69) is 22.4 Å². The Bertz CT molecular complexity index is 1260. The van der Waals surface area contributed by atoms with Gasteiger partial charge in [0, 0.05) is 39.3 Å². The number of aromatic nitrogens is 2. The van der Waals surface area contributed by atoms with Crippen molar-refractivity contribution >= 4 is 17.7 Å². The summed E-state index contributed by atoms with van der Waals surface area (Å²) in [5, 5.41) is 13.2. The molecule has 1 aliphatic carbocycles. The van der Waals surface area contributed by atoms with Crippen LogP contribution in [0.1, 0.15) is 86.7 Å². The molecule has 3 aliphatic rings. The summed E-state index contributed by atoms with van der Waals surface area (Å²) in [5.74, 6) is -0.395. The molecule has 2 aromatic rings. The van der Waals surface area contributed by atoms with Gasteiger partial charge in [0.05, 0.1) is 12.1 Å². The number of hydrogen-bond donors (Lipinski definition) is 2. The van der Waals surface area contributed by atoms with Crippen LogP contribution in [0.15, 0.2) is 36.5 Å². The molecule has 0 radical (unpaired) electrons. The van der Waals surface area contributed by atoms with Crippen LogP contribution in [0.25, 0.3) is 0 Å². The van der Waals surface area contributed by atoms with Crippen LogP contribution in [-0.4, -0.2) is 79.6 Å². The molecule has 1 aromatic carbocycles. The molecule has 5 rings (SSSR count). The average Bonchev–Trinajstić information content (AvgIpc) is 3.39. The first-order chi connectivity index (χ1) is 18.9. The fraction of sp³-hybridized carbons (Fsp3) is 0.600. The van der Waals surface area contributed by atoms with Gasteiger partial charge in [-0.3, -0.25) is 14.4 Å². The first-order valence-corrected chi connectivity index (χ1v) is 14.2. The molecule has 216 valence electrons. The third kappa shape index (κ3) is 5.64. The molecule has 40 heavy (non-hydrogen) atoms. The lowest BCUT2D eigenvalue weighted by Crippen LogP contribution is -2.56. The number of aryl methyl sites for hydroxylation is 1. The second kappa shape index (κ2) is 10.6. The molecule has 2 saturated heterocycles. The molecule has 2 aliphatic heterocycles. The normalized spacial score (nSPS) is 23.6. The lowest BCUT2D eigenvalue weighted by atomic mass is 9.85. The van der Waals surface area contributed by atoms with Crippen molar-refractivity contribution in [3.05, 3.63) is 53.6 Å². The van der Waals surface area contributed by atoms with E-state index in [-0.39, 0.29) is 31.7 Å². The van der Waals surface area contributed by atoms with Gasteiger partial charge in [0.1, 0.15) is 17.6 Å². The number of β-amino-alcohol motifs (C(OH)–C–C–N with tert-alkyl or cyclic N) is 1. The van der Waals surface area contributed by atoms with Gasteiger partial charge < -0.3 is 24.8 Å². The minimum absolute atomic E-state index is 0.0653. The zero-order chi connectivity index (χ0) is 28.8. The van der Waals surface area contributed by atoms with Crippen LogP contribution in [0.5, 0.6) is 0 Å². The molecule has 3 heterocycles. The molecule has 3 atom stereocenters. The zero-order valence-corrected chi connectivity index (χ0v) is 23.8. The molecule has 1 saturated carbocycles. The predicted molar refractivity (Wildman–Crippen MR) is 147 cm³/mol. The van der Waals surface area contributed by atoms with Crippen molar-refractivity contribution in [2.45, 2.75) is 82.6 Å². The summed E-state index contributed by atoms with van der Waals surface area (Å²) in [6.07, 6.45) is 3.22.